The Morgan fingerprint density at radius 3 is 2.78 bits per heavy atom. The molecule has 0 fully saturated rings. The summed E-state index contributed by atoms with van der Waals surface area (Å²) in [7, 11) is 0. The number of carbonyl (C=O) groups excluding carboxylic acids is 1. The highest BCUT2D eigenvalue weighted by atomic mass is 35.5. The maximum Gasteiger partial charge on any atom is 0.172 e. The smallest absolute Gasteiger partial charge is 0.172 e. The van der Waals surface area contributed by atoms with Crippen LogP contribution in [0.4, 0.5) is 0 Å². The number of halogens is 1. The van der Waals surface area contributed by atoms with Crippen LogP contribution in [0.3, 0.4) is 0 Å². The van der Waals surface area contributed by atoms with Gasteiger partial charge in [-0.2, -0.15) is 0 Å². The molecule has 0 saturated carbocycles. The Balaban J connectivity index is 3.08. The molecule has 0 radical (unpaired) electrons. The van der Waals surface area contributed by atoms with Gasteiger partial charge >= 0.3 is 0 Å². The molecular weight excluding hydrogens is 158 g/mol. The maximum absolute atomic E-state index is 10.6. The Morgan fingerprint density at radius 1 is 1.89 bits per heavy atom. The van der Waals surface area contributed by atoms with Crippen LogP contribution in [0.5, 0.6) is 0 Å². The van der Waals surface area contributed by atoms with Crippen LogP contribution in [-0.4, -0.2) is 10.8 Å². The van der Waals surface area contributed by atoms with E-state index < -0.39 is 0 Å². The van der Waals surface area contributed by atoms with Gasteiger partial charge in [0.2, 0.25) is 0 Å². The van der Waals surface area contributed by atoms with E-state index in [0.29, 0.717) is 10.0 Å². The summed E-state index contributed by atoms with van der Waals surface area (Å²) in [6.45, 7) is 1.47. The standard InChI is InChI=1S/C5H4ClNOS/c1-3(8)4-5(6)7-2-9-4/h2H,1H3. The fraction of sp³-hybridized carbons (Fsp3) is 0.200. The van der Waals surface area contributed by atoms with Crippen LogP contribution in [0.1, 0.15) is 16.6 Å². The van der Waals surface area contributed by atoms with Gasteiger partial charge in [0.1, 0.15) is 4.88 Å². The number of aromatic nitrogens is 1. The van der Waals surface area contributed by atoms with Crippen LogP contribution < -0.4 is 0 Å². The fourth-order valence-electron chi connectivity index (χ4n) is 0.461. The van der Waals surface area contributed by atoms with Crippen molar-refractivity contribution in [1.29, 1.82) is 0 Å². The predicted octanol–water partition coefficient (Wildman–Crippen LogP) is 2.00. The van der Waals surface area contributed by atoms with E-state index in [0.717, 1.165) is 0 Å². The molecule has 1 aromatic rings. The summed E-state index contributed by atoms with van der Waals surface area (Å²) in [5.41, 5.74) is 1.55. The monoisotopic (exact) mass is 161 g/mol. The van der Waals surface area contributed by atoms with Crippen LogP contribution in [0, 0.1) is 0 Å². The van der Waals surface area contributed by atoms with E-state index in [2.05, 4.69) is 4.98 Å². The molecule has 1 rings (SSSR count). The molecule has 0 N–H and O–H groups in total. The summed E-state index contributed by atoms with van der Waals surface area (Å²) in [6, 6.07) is 0. The number of rotatable bonds is 1. The molecule has 0 unspecified atom stereocenters. The normalized spacial score (nSPS) is 9.56. The molecule has 0 spiro atoms. The molecule has 0 aliphatic carbocycles. The molecule has 2 nitrogen and oxygen atoms in total. The Labute approximate surface area is 61.5 Å². The Kier molecular flexibility index (Phi) is 1.83. The van der Waals surface area contributed by atoms with Crippen LogP contribution in [0.15, 0.2) is 5.51 Å². The van der Waals surface area contributed by atoms with Crippen molar-refractivity contribution in [2.75, 3.05) is 0 Å². The third-order valence-electron chi connectivity index (χ3n) is 0.844. The van der Waals surface area contributed by atoms with Crippen LogP contribution in [-0.2, 0) is 0 Å². The minimum atomic E-state index is -0.0255. The van der Waals surface area contributed by atoms with E-state index >= 15 is 0 Å². The number of Topliss-reactive ketones (excluding diaryl/α,β-unsaturated/α-hetero) is 1. The lowest BCUT2D eigenvalue weighted by Crippen LogP contribution is -1.86. The molecule has 1 aromatic heterocycles. The lowest BCUT2D eigenvalue weighted by molar-refractivity contribution is 0.102. The van der Waals surface area contributed by atoms with Crippen LogP contribution in [0.2, 0.25) is 5.15 Å². The molecule has 0 atom stereocenters. The number of nitrogens with zero attached hydrogens (tertiary/aromatic N) is 1. The van der Waals surface area contributed by atoms with Gasteiger partial charge in [-0.3, -0.25) is 4.79 Å². The predicted molar refractivity (Wildman–Crippen MR) is 37.1 cm³/mol. The van der Waals surface area contributed by atoms with E-state index in [1.54, 1.807) is 5.51 Å². The average molecular weight is 162 g/mol. The molecule has 0 saturated heterocycles. The second kappa shape index (κ2) is 2.45. The largest absolute Gasteiger partial charge is 0.293 e. The highest BCUT2D eigenvalue weighted by Crippen LogP contribution is 2.18. The summed E-state index contributed by atoms with van der Waals surface area (Å²) in [6.07, 6.45) is 0. The highest BCUT2D eigenvalue weighted by molar-refractivity contribution is 7.12. The Hall–Kier alpha value is -0.410. The number of ketones is 1. The molecule has 9 heavy (non-hydrogen) atoms. The second-order valence-electron chi connectivity index (χ2n) is 1.53. The lowest BCUT2D eigenvalue weighted by Gasteiger charge is -1.83. The van der Waals surface area contributed by atoms with Gasteiger partial charge in [0.15, 0.2) is 10.9 Å². The fourth-order valence-corrected chi connectivity index (χ4v) is 1.41. The zero-order chi connectivity index (χ0) is 6.85. The van der Waals surface area contributed by atoms with Crippen molar-refractivity contribution >= 4 is 28.7 Å². The van der Waals surface area contributed by atoms with Gasteiger partial charge in [0, 0.05) is 6.92 Å². The first-order valence-corrected chi connectivity index (χ1v) is 3.57. The molecule has 1 heterocycles. The van der Waals surface area contributed by atoms with Crippen molar-refractivity contribution in [2.45, 2.75) is 6.92 Å². The summed E-state index contributed by atoms with van der Waals surface area (Å²) in [5.74, 6) is -0.0255. The first kappa shape index (κ1) is 6.71. The van der Waals surface area contributed by atoms with E-state index in [4.69, 9.17) is 11.6 Å². The summed E-state index contributed by atoms with van der Waals surface area (Å²) in [5, 5.41) is 0.313. The average Bonchev–Trinajstić information content (AvgIpc) is 2.13. The molecule has 0 aromatic carbocycles. The Bertz CT molecular complexity index is 233. The molecule has 0 bridgehead atoms. The third-order valence-corrected chi connectivity index (χ3v) is 2.17. The minimum absolute atomic E-state index is 0.0255. The van der Waals surface area contributed by atoms with Crippen molar-refractivity contribution in [1.82, 2.24) is 4.98 Å². The van der Waals surface area contributed by atoms with Crippen LogP contribution >= 0.6 is 22.9 Å². The zero-order valence-electron chi connectivity index (χ0n) is 4.72. The van der Waals surface area contributed by atoms with Crippen molar-refractivity contribution in [2.24, 2.45) is 0 Å². The summed E-state index contributed by atoms with van der Waals surface area (Å²) >= 11 is 6.78. The number of hydrogen-bond donors (Lipinski definition) is 0. The van der Waals surface area contributed by atoms with E-state index in [9.17, 15) is 4.79 Å². The molecular formula is C5H4ClNOS. The van der Waals surface area contributed by atoms with Gasteiger partial charge in [0.25, 0.3) is 0 Å². The molecule has 0 aliphatic heterocycles. The van der Waals surface area contributed by atoms with Crippen LogP contribution in [0.25, 0.3) is 0 Å². The van der Waals surface area contributed by atoms with E-state index in [1.807, 2.05) is 0 Å². The van der Waals surface area contributed by atoms with Crippen molar-refractivity contribution in [3.63, 3.8) is 0 Å². The molecule has 4 heteroatoms. The van der Waals surface area contributed by atoms with Gasteiger partial charge in [-0.05, 0) is 0 Å². The summed E-state index contributed by atoms with van der Waals surface area (Å²) < 4.78 is 0. The SMILES string of the molecule is CC(=O)c1scnc1Cl. The first-order chi connectivity index (χ1) is 4.22. The van der Waals surface area contributed by atoms with Gasteiger partial charge in [0.05, 0.1) is 5.51 Å². The van der Waals surface area contributed by atoms with Gasteiger partial charge in [-0.1, -0.05) is 11.6 Å². The third kappa shape index (κ3) is 1.28. The van der Waals surface area contributed by atoms with Gasteiger partial charge < -0.3 is 0 Å². The van der Waals surface area contributed by atoms with Crippen molar-refractivity contribution in [3.8, 4) is 0 Å². The number of thiazole rings is 1. The maximum atomic E-state index is 10.6. The quantitative estimate of drug-likeness (QED) is 0.590. The first-order valence-electron chi connectivity index (χ1n) is 2.31. The van der Waals surface area contributed by atoms with Crippen molar-refractivity contribution in [3.05, 3.63) is 15.5 Å². The highest BCUT2D eigenvalue weighted by Gasteiger charge is 2.06. The molecule has 0 amide bonds. The number of carbonyl (C=O) groups is 1. The summed E-state index contributed by atoms with van der Waals surface area (Å²) in [4.78, 5) is 14.9. The minimum Gasteiger partial charge on any atom is -0.293 e. The van der Waals surface area contributed by atoms with E-state index in [1.165, 1.54) is 18.3 Å². The van der Waals surface area contributed by atoms with Gasteiger partial charge in [-0.25, -0.2) is 4.98 Å². The second-order valence-corrected chi connectivity index (χ2v) is 2.74. The van der Waals surface area contributed by atoms with Crippen molar-refractivity contribution < 1.29 is 4.79 Å². The molecule has 48 valence electrons. The zero-order valence-corrected chi connectivity index (χ0v) is 6.29. The topological polar surface area (TPSA) is 30.0 Å². The lowest BCUT2D eigenvalue weighted by atomic mass is 10.4. The van der Waals surface area contributed by atoms with E-state index in [-0.39, 0.29) is 5.78 Å². The number of hydrogen-bond acceptors (Lipinski definition) is 3. The Morgan fingerprint density at radius 2 is 2.56 bits per heavy atom. The molecule has 0 aliphatic rings. The van der Waals surface area contributed by atoms with Gasteiger partial charge in [-0.15, -0.1) is 11.3 Å².